The maximum Gasteiger partial charge on any atom is 0.335 e. The highest BCUT2D eigenvalue weighted by Gasteiger charge is 2.61. The van der Waals surface area contributed by atoms with Crippen molar-refractivity contribution in [2.75, 3.05) is 0 Å². The van der Waals surface area contributed by atoms with E-state index in [1.165, 1.54) is 0 Å². The van der Waals surface area contributed by atoms with E-state index in [0.29, 0.717) is 23.1 Å². The first kappa shape index (κ1) is 30.7. The minimum absolute atomic E-state index is 0.0466. The Balaban J connectivity index is 1.60. The molecule has 0 spiro atoms. The molecule has 236 valence electrons. The van der Waals surface area contributed by atoms with Gasteiger partial charge in [0.15, 0.2) is 11.1 Å². The van der Waals surface area contributed by atoms with Gasteiger partial charge in [-0.15, -0.1) is 0 Å². The number of benzene rings is 5. The van der Waals surface area contributed by atoms with E-state index < -0.39 is 23.0 Å². The molecule has 7 rings (SSSR count). The maximum atomic E-state index is 14.2. The van der Waals surface area contributed by atoms with Crippen molar-refractivity contribution in [1.29, 1.82) is 0 Å². The van der Waals surface area contributed by atoms with Gasteiger partial charge in [0.25, 0.3) is 5.91 Å². The SMILES string of the molecule is CCC(NC(=O)c1cccc2c1=C(C(=O)O)[C@@](O)(c1ccc3ccccc3n1)C(c1ccccc1)(c1ccccc1)N=2)c1ccccc1. The number of hydrogen-bond donors (Lipinski definition) is 3. The lowest BCUT2D eigenvalue weighted by Crippen LogP contribution is -2.60. The summed E-state index contributed by atoms with van der Waals surface area (Å²) in [5, 5.41) is 29.1. The van der Waals surface area contributed by atoms with Crippen LogP contribution in [0.2, 0.25) is 0 Å². The van der Waals surface area contributed by atoms with Crippen LogP contribution in [0.4, 0.5) is 0 Å². The van der Waals surface area contributed by atoms with Crippen molar-refractivity contribution in [2.45, 2.75) is 30.5 Å². The number of rotatable bonds is 8. The summed E-state index contributed by atoms with van der Waals surface area (Å²) in [6.45, 7) is 1.97. The molecule has 1 aliphatic heterocycles. The molecule has 0 fully saturated rings. The van der Waals surface area contributed by atoms with E-state index in [2.05, 4.69) is 5.32 Å². The molecule has 1 aromatic heterocycles. The summed E-state index contributed by atoms with van der Waals surface area (Å²) in [6.07, 6.45) is 0.612. The first-order valence-corrected chi connectivity index (χ1v) is 15.9. The van der Waals surface area contributed by atoms with Crippen LogP contribution in [0, 0.1) is 0 Å². The minimum Gasteiger partial charge on any atom is -0.478 e. The second-order valence-corrected chi connectivity index (χ2v) is 11.9. The zero-order valence-corrected chi connectivity index (χ0v) is 26.2. The standard InChI is InChI=1S/C41H33N3O4/c1-2-32(27-15-6-3-7-16-27)43-38(45)31-22-14-24-34-36(31)37(39(46)47)41(48,35-26-25-28-17-12-13-23-33(28)42-35)40(44-34,29-18-8-4-9-19-29)30-20-10-5-11-21-30/h3-26,32,48H,2H2,1H3,(H,43,45)(H,46,47)/t32?,41-/m0/s1. The molecule has 0 saturated carbocycles. The van der Waals surface area contributed by atoms with Crippen LogP contribution in [-0.4, -0.2) is 27.1 Å². The van der Waals surface area contributed by atoms with Crippen LogP contribution in [0.5, 0.6) is 0 Å². The van der Waals surface area contributed by atoms with Crippen molar-refractivity contribution in [3.8, 4) is 0 Å². The molecule has 7 heteroatoms. The highest BCUT2D eigenvalue weighted by Crippen LogP contribution is 2.53. The van der Waals surface area contributed by atoms with Gasteiger partial charge in [-0.3, -0.25) is 9.79 Å². The van der Waals surface area contributed by atoms with Crippen molar-refractivity contribution < 1.29 is 19.8 Å². The lowest BCUT2D eigenvalue weighted by molar-refractivity contribution is -0.133. The van der Waals surface area contributed by atoms with Crippen LogP contribution in [0.3, 0.4) is 0 Å². The average Bonchev–Trinajstić information content (AvgIpc) is 3.13. The summed E-state index contributed by atoms with van der Waals surface area (Å²) in [4.78, 5) is 38.2. The molecule has 0 radical (unpaired) electrons. The fraction of sp³-hybridized carbons (Fsp3) is 0.122. The number of fused-ring (bicyclic) bond motifs is 2. The van der Waals surface area contributed by atoms with E-state index in [9.17, 15) is 19.8 Å². The molecule has 0 aliphatic carbocycles. The third kappa shape index (κ3) is 4.87. The monoisotopic (exact) mass is 631 g/mol. The van der Waals surface area contributed by atoms with Crippen molar-refractivity contribution >= 4 is 28.4 Å². The highest BCUT2D eigenvalue weighted by atomic mass is 16.4. The Morgan fingerprint density at radius 3 is 1.96 bits per heavy atom. The molecule has 1 amide bonds. The molecular formula is C41H33N3O4. The predicted molar refractivity (Wildman–Crippen MR) is 185 cm³/mol. The van der Waals surface area contributed by atoms with Gasteiger partial charge in [-0.1, -0.05) is 128 Å². The molecule has 1 aliphatic rings. The van der Waals surface area contributed by atoms with Crippen LogP contribution in [0.15, 0.2) is 151 Å². The number of aliphatic carboxylic acids is 1. The number of pyridine rings is 1. The Morgan fingerprint density at radius 1 is 0.729 bits per heavy atom. The molecule has 3 N–H and O–H groups in total. The maximum absolute atomic E-state index is 14.2. The summed E-state index contributed by atoms with van der Waals surface area (Å²) < 4.78 is 0. The second-order valence-electron chi connectivity index (χ2n) is 11.9. The summed E-state index contributed by atoms with van der Waals surface area (Å²) in [5.74, 6) is -1.87. The summed E-state index contributed by atoms with van der Waals surface area (Å²) in [7, 11) is 0. The number of aliphatic hydroxyl groups is 1. The predicted octanol–water partition coefficient (Wildman–Crippen LogP) is 5.82. The zero-order chi connectivity index (χ0) is 33.3. The Kier molecular flexibility index (Phi) is 7.91. The molecule has 7 nitrogen and oxygen atoms in total. The van der Waals surface area contributed by atoms with E-state index in [1.54, 1.807) is 24.3 Å². The Bertz CT molecular complexity index is 2230. The van der Waals surface area contributed by atoms with E-state index in [1.807, 2.05) is 128 Å². The summed E-state index contributed by atoms with van der Waals surface area (Å²) in [6, 6.07) is 43.5. The van der Waals surface area contributed by atoms with Gasteiger partial charge in [0.1, 0.15) is 0 Å². The number of aromatic nitrogens is 1. The van der Waals surface area contributed by atoms with Crippen molar-refractivity contribution in [3.05, 3.63) is 184 Å². The number of nitrogens with one attached hydrogen (secondary N) is 1. The van der Waals surface area contributed by atoms with Crippen LogP contribution >= 0.6 is 0 Å². The number of carboxylic acid groups (broad SMARTS) is 1. The van der Waals surface area contributed by atoms with Crippen LogP contribution in [-0.2, 0) is 15.9 Å². The van der Waals surface area contributed by atoms with Crippen LogP contribution in [0.1, 0.15) is 52.1 Å². The third-order valence-corrected chi connectivity index (χ3v) is 9.19. The van der Waals surface area contributed by atoms with E-state index in [4.69, 9.17) is 9.98 Å². The second kappa shape index (κ2) is 12.4. The largest absolute Gasteiger partial charge is 0.478 e. The lowest BCUT2D eigenvalue weighted by Gasteiger charge is -2.47. The van der Waals surface area contributed by atoms with E-state index >= 15 is 0 Å². The van der Waals surface area contributed by atoms with Gasteiger partial charge < -0.3 is 15.5 Å². The third-order valence-electron chi connectivity index (χ3n) is 9.19. The van der Waals surface area contributed by atoms with Gasteiger partial charge in [0, 0.05) is 16.2 Å². The van der Waals surface area contributed by atoms with Gasteiger partial charge in [0.2, 0.25) is 0 Å². The number of para-hydroxylation sites is 1. The Morgan fingerprint density at radius 2 is 1.33 bits per heavy atom. The summed E-state index contributed by atoms with van der Waals surface area (Å²) >= 11 is 0. The van der Waals surface area contributed by atoms with Crippen molar-refractivity contribution in [2.24, 2.45) is 4.99 Å². The molecular weight excluding hydrogens is 598 g/mol. The number of carboxylic acids is 1. The number of hydrogen-bond acceptors (Lipinski definition) is 5. The summed E-state index contributed by atoms with van der Waals surface area (Å²) in [5.41, 5.74) is -1.69. The van der Waals surface area contributed by atoms with Gasteiger partial charge in [-0.25, -0.2) is 9.78 Å². The van der Waals surface area contributed by atoms with Crippen LogP contribution < -0.4 is 15.9 Å². The van der Waals surface area contributed by atoms with Gasteiger partial charge >= 0.3 is 5.97 Å². The quantitative estimate of drug-likeness (QED) is 0.196. The molecule has 6 aromatic rings. The zero-order valence-electron chi connectivity index (χ0n) is 26.2. The molecule has 48 heavy (non-hydrogen) atoms. The Labute approximate surface area is 277 Å². The van der Waals surface area contributed by atoms with Gasteiger partial charge in [-0.05, 0) is 47.4 Å². The first-order valence-electron chi connectivity index (χ1n) is 15.9. The Hall–Kier alpha value is -5.92. The smallest absolute Gasteiger partial charge is 0.335 e. The average molecular weight is 632 g/mol. The van der Waals surface area contributed by atoms with Gasteiger partial charge in [0.05, 0.1) is 28.2 Å². The number of carbonyl (C=O) groups excluding carboxylic acids is 1. The fourth-order valence-electron chi connectivity index (χ4n) is 6.97. The first-order chi connectivity index (χ1) is 23.4. The fourth-order valence-corrected chi connectivity index (χ4v) is 6.97. The number of amides is 1. The van der Waals surface area contributed by atoms with E-state index in [-0.39, 0.29) is 33.4 Å². The number of nitrogens with zero attached hydrogens (tertiary/aromatic N) is 2. The highest BCUT2D eigenvalue weighted by molar-refractivity contribution is 6.14. The van der Waals surface area contributed by atoms with Gasteiger partial charge in [-0.2, -0.15) is 0 Å². The molecule has 1 unspecified atom stereocenters. The van der Waals surface area contributed by atoms with E-state index in [0.717, 1.165) is 10.9 Å². The van der Waals surface area contributed by atoms with Crippen molar-refractivity contribution in [3.63, 3.8) is 0 Å². The van der Waals surface area contributed by atoms with Crippen LogP contribution in [0.25, 0.3) is 16.5 Å². The molecule has 5 aromatic carbocycles. The molecule has 2 heterocycles. The minimum atomic E-state index is -2.39. The normalized spacial score (nSPS) is 17.2. The van der Waals surface area contributed by atoms with Crippen molar-refractivity contribution in [1.82, 2.24) is 10.3 Å². The molecule has 0 bridgehead atoms. The lowest BCUT2D eigenvalue weighted by atomic mass is 9.63. The number of carbonyl (C=O) groups is 2. The molecule has 0 saturated heterocycles. The topological polar surface area (TPSA) is 112 Å². The molecule has 2 atom stereocenters.